The molecular weight excluding hydrogens is 440 g/mol. The number of fused-ring (bicyclic) bond motifs is 1. The highest BCUT2D eigenvalue weighted by Crippen LogP contribution is 2.44. The monoisotopic (exact) mass is 470 g/mol. The summed E-state index contributed by atoms with van der Waals surface area (Å²) in [5.74, 6) is -1.29. The number of nitrogens with two attached hydrogens (primary N) is 1. The van der Waals surface area contributed by atoms with Crippen molar-refractivity contribution in [1.82, 2.24) is 4.90 Å². The molecule has 6 nitrogen and oxygen atoms in total. The maximum atomic E-state index is 12.2. The van der Waals surface area contributed by atoms with Gasteiger partial charge in [-0.05, 0) is 47.8 Å². The fourth-order valence-electron chi connectivity index (χ4n) is 5.07. The number of ether oxygens (including phenoxy) is 1. The minimum atomic E-state index is -1.05. The number of carbonyl (C=O) groups is 2. The number of aliphatic carboxylic acids is 1. The number of carbonyl (C=O) groups excluding carboxylic acids is 1. The predicted octanol–water partition coefficient (Wildman–Crippen LogP) is 5.15. The third kappa shape index (κ3) is 5.06. The van der Waals surface area contributed by atoms with Gasteiger partial charge in [-0.1, -0.05) is 61.5 Å². The van der Waals surface area contributed by atoms with Crippen molar-refractivity contribution in [3.63, 3.8) is 0 Å². The number of nitrogens with zero attached hydrogens (tertiary/aromatic N) is 1. The molecule has 3 N–H and O–H groups in total. The number of carboxylic acids is 1. The van der Waals surface area contributed by atoms with Crippen molar-refractivity contribution in [2.45, 2.75) is 33.1 Å². The van der Waals surface area contributed by atoms with Crippen LogP contribution in [0.4, 0.5) is 0 Å². The minimum absolute atomic E-state index is 0.126. The largest absolute Gasteiger partial charge is 0.482 e. The van der Waals surface area contributed by atoms with Gasteiger partial charge in [0.25, 0.3) is 0 Å². The Bertz CT molecular complexity index is 1250. The highest BCUT2D eigenvalue weighted by molar-refractivity contribution is 5.76. The van der Waals surface area contributed by atoms with Crippen LogP contribution in [0.1, 0.15) is 32.3 Å². The Hall–Kier alpha value is -4.06. The molecule has 35 heavy (non-hydrogen) atoms. The lowest BCUT2D eigenvalue weighted by Gasteiger charge is -2.38. The zero-order chi connectivity index (χ0) is 24.9. The summed E-state index contributed by atoms with van der Waals surface area (Å²) in [6, 6.07) is 18.7. The van der Waals surface area contributed by atoms with E-state index >= 15 is 0 Å². The number of primary amides is 1. The van der Waals surface area contributed by atoms with Crippen LogP contribution in [0.5, 0.6) is 0 Å². The van der Waals surface area contributed by atoms with E-state index in [4.69, 9.17) is 15.6 Å². The summed E-state index contributed by atoms with van der Waals surface area (Å²) in [5, 5.41) is 9.16. The molecule has 1 amide bonds. The van der Waals surface area contributed by atoms with Crippen LogP contribution in [0.2, 0.25) is 0 Å². The van der Waals surface area contributed by atoms with Crippen molar-refractivity contribution in [1.29, 1.82) is 0 Å². The first-order valence-electron chi connectivity index (χ1n) is 11.8. The summed E-state index contributed by atoms with van der Waals surface area (Å²) in [6.07, 6.45) is 7.11. The first-order chi connectivity index (χ1) is 16.9. The predicted molar refractivity (Wildman–Crippen MR) is 136 cm³/mol. The molecule has 2 aromatic carbocycles. The molecule has 0 aliphatic carbocycles. The first-order valence-corrected chi connectivity index (χ1v) is 11.8. The number of rotatable bonds is 9. The lowest BCUT2D eigenvalue weighted by Crippen LogP contribution is -2.32. The molecular formula is C29H30N2O4. The molecule has 0 radical (unpaired) electrons. The van der Waals surface area contributed by atoms with Crippen molar-refractivity contribution in [3.05, 3.63) is 107 Å². The summed E-state index contributed by atoms with van der Waals surface area (Å²) in [5.41, 5.74) is 13.1. The fraction of sp³-hybridized carbons (Fsp3) is 0.241. The Morgan fingerprint density at radius 2 is 1.80 bits per heavy atom. The smallest absolute Gasteiger partial charge is 0.341 e. The van der Waals surface area contributed by atoms with Crippen molar-refractivity contribution in [2.75, 3.05) is 6.61 Å². The minimum Gasteiger partial charge on any atom is -0.482 e. The van der Waals surface area contributed by atoms with E-state index in [1.54, 1.807) is 6.08 Å². The summed E-state index contributed by atoms with van der Waals surface area (Å²) >= 11 is 0. The van der Waals surface area contributed by atoms with E-state index in [2.05, 4.69) is 36.1 Å². The fourth-order valence-corrected chi connectivity index (χ4v) is 5.07. The lowest BCUT2D eigenvalue weighted by atomic mass is 9.79. The van der Waals surface area contributed by atoms with Crippen molar-refractivity contribution >= 4 is 11.9 Å². The van der Waals surface area contributed by atoms with Gasteiger partial charge in [0, 0.05) is 41.9 Å². The molecule has 0 saturated heterocycles. The highest BCUT2D eigenvalue weighted by atomic mass is 16.5. The van der Waals surface area contributed by atoms with Crippen LogP contribution in [0.25, 0.3) is 11.1 Å². The number of hydrogen-bond donors (Lipinski definition) is 2. The Morgan fingerprint density at radius 1 is 1.09 bits per heavy atom. The Kier molecular flexibility index (Phi) is 7.20. The summed E-state index contributed by atoms with van der Waals surface area (Å²) in [7, 11) is 0. The second-order valence-electron chi connectivity index (χ2n) is 8.67. The number of hydrogen-bond acceptors (Lipinski definition) is 4. The summed E-state index contributed by atoms with van der Waals surface area (Å²) in [6.45, 7) is 3.60. The van der Waals surface area contributed by atoms with Gasteiger partial charge in [-0.25, -0.2) is 4.79 Å². The van der Waals surface area contributed by atoms with Crippen molar-refractivity contribution < 1.29 is 19.4 Å². The molecule has 180 valence electrons. The Labute approximate surface area is 205 Å². The van der Waals surface area contributed by atoms with Crippen LogP contribution in [0.3, 0.4) is 0 Å². The second kappa shape index (κ2) is 10.5. The van der Waals surface area contributed by atoms with Gasteiger partial charge >= 0.3 is 5.97 Å². The summed E-state index contributed by atoms with van der Waals surface area (Å²) < 4.78 is 5.67. The van der Waals surface area contributed by atoms with Crippen molar-refractivity contribution in [3.8, 4) is 11.1 Å². The third-order valence-corrected chi connectivity index (χ3v) is 6.53. The van der Waals surface area contributed by atoms with Gasteiger partial charge in [0.1, 0.15) is 5.76 Å². The Balaban J connectivity index is 1.81. The molecule has 0 aromatic heterocycles. The zero-order valence-corrected chi connectivity index (χ0v) is 20.0. The molecule has 2 aromatic rings. The van der Waals surface area contributed by atoms with Crippen LogP contribution < -0.4 is 5.73 Å². The van der Waals surface area contributed by atoms with Gasteiger partial charge in [-0.15, -0.1) is 0 Å². The van der Waals surface area contributed by atoms with E-state index in [-0.39, 0.29) is 12.3 Å². The average molecular weight is 471 g/mol. The van der Waals surface area contributed by atoms with Gasteiger partial charge in [0.15, 0.2) is 6.61 Å². The average Bonchev–Trinajstić information content (AvgIpc) is 2.96. The first kappa shape index (κ1) is 24.1. The maximum absolute atomic E-state index is 12.2. The summed E-state index contributed by atoms with van der Waals surface area (Å²) in [4.78, 5) is 25.5. The van der Waals surface area contributed by atoms with E-state index in [1.165, 1.54) is 5.56 Å². The number of allylic oxidation sites excluding steroid dienone is 6. The van der Waals surface area contributed by atoms with E-state index in [0.29, 0.717) is 18.6 Å². The van der Waals surface area contributed by atoms with Crippen molar-refractivity contribution in [2.24, 2.45) is 11.7 Å². The zero-order valence-electron chi connectivity index (χ0n) is 20.0. The maximum Gasteiger partial charge on any atom is 0.341 e. The second-order valence-corrected chi connectivity index (χ2v) is 8.67. The highest BCUT2D eigenvalue weighted by Gasteiger charge is 2.36. The third-order valence-electron chi connectivity index (χ3n) is 6.53. The number of benzene rings is 2. The van der Waals surface area contributed by atoms with Crippen LogP contribution in [0, 0.1) is 5.92 Å². The molecule has 2 aliphatic rings. The van der Waals surface area contributed by atoms with E-state index in [1.807, 2.05) is 49.5 Å². The molecule has 4 rings (SSSR count). The number of amides is 1. The quantitative estimate of drug-likeness (QED) is 0.528. The molecule has 2 heterocycles. The Morgan fingerprint density at radius 3 is 2.49 bits per heavy atom. The normalized spacial score (nSPS) is 17.3. The molecule has 6 heteroatoms. The molecule has 2 aliphatic heterocycles. The van der Waals surface area contributed by atoms with Gasteiger partial charge < -0.3 is 20.5 Å². The molecule has 0 fully saturated rings. The van der Waals surface area contributed by atoms with E-state index < -0.39 is 18.5 Å². The molecule has 1 unspecified atom stereocenters. The van der Waals surface area contributed by atoms with Crippen LogP contribution in [-0.4, -0.2) is 28.5 Å². The van der Waals surface area contributed by atoms with Gasteiger partial charge in [0.05, 0.1) is 0 Å². The van der Waals surface area contributed by atoms with Gasteiger partial charge in [-0.3, -0.25) is 4.79 Å². The molecule has 2 bridgehead atoms. The van der Waals surface area contributed by atoms with Crippen LogP contribution in [0.15, 0.2) is 101 Å². The molecule has 0 spiro atoms. The SMILES string of the molecule is CCC1=C(Cc2ccccc2-c2ccccc2)N2C=CC=C(OCC(=O)O)C(=C2C)C1CC(N)=O. The number of carboxylic acid groups (broad SMARTS) is 1. The van der Waals surface area contributed by atoms with Gasteiger partial charge in [-0.2, -0.15) is 0 Å². The molecule has 0 saturated carbocycles. The van der Waals surface area contributed by atoms with E-state index in [0.717, 1.165) is 33.7 Å². The lowest BCUT2D eigenvalue weighted by molar-refractivity contribution is -0.140. The van der Waals surface area contributed by atoms with Gasteiger partial charge in [0.2, 0.25) is 5.91 Å². The van der Waals surface area contributed by atoms with Crippen LogP contribution in [-0.2, 0) is 20.7 Å². The molecule has 1 atom stereocenters. The van der Waals surface area contributed by atoms with Crippen LogP contribution >= 0.6 is 0 Å². The topological polar surface area (TPSA) is 92.9 Å². The van der Waals surface area contributed by atoms with E-state index in [9.17, 15) is 9.59 Å². The standard InChI is InChI=1S/C29H30N2O4/c1-3-22-24(17-27(30)32)29-19(2)31(15-9-14-26(29)35-18-28(33)34)25(22)16-21-12-7-8-13-23(21)20-10-5-4-6-11-20/h4-15,24H,3,16-18H2,1-2H3,(H2,30,32)(H,33,34).